The molecule has 26 heavy (non-hydrogen) atoms. The molecule has 1 heterocycles. The van der Waals surface area contributed by atoms with Gasteiger partial charge in [-0.05, 0) is 37.0 Å². The molecule has 1 aromatic heterocycles. The van der Waals surface area contributed by atoms with Gasteiger partial charge in [-0.3, -0.25) is 0 Å². The van der Waals surface area contributed by atoms with Gasteiger partial charge in [-0.2, -0.15) is 6.07 Å². The number of alkyl halides is 1. The van der Waals surface area contributed by atoms with Gasteiger partial charge in [0.15, 0.2) is 0 Å². The van der Waals surface area contributed by atoms with Gasteiger partial charge in [0.1, 0.15) is 0 Å². The number of aliphatic hydroxyl groups excluding tert-OH is 1. The third-order valence-electron chi connectivity index (χ3n) is 4.87. The van der Waals surface area contributed by atoms with E-state index in [1.54, 1.807) is 17.4 Å². The summed E-state index contributed by atoms with van der Waals surface area (Å²) in [6.07, 6.45) is 3.43. The number of benzene rings is 1. The molecule has 1 radical (unpaired) electrons. The van der Waals surface area contributed by atoms with E-state index < -0.39 is 0 Å². The van der Waals surface area contributed by atoms with E-state index in [0.717, 1.165) is 24.9 Å². The Balaban J connectivity index is 0.00000243. The van der Waals surface area contributed by atoms with E-state index in [2.05, 4.69) is 16.8 Å². The third kappa shape index (κ3) is 6.34. The Hall–Kier alpha value is 0.654. The van der Waals surface area contributed by atoms with E-state index >= 15 is 0 Å². The van der Waals surface area contributed by atoms with Crippen LogP contribution in [-0.2, 0) is 39.1 Å². The summed E-state index contributed by atoms with van der Waals surface area (Å²) in [6, 6.07) is 9.48. The average molecular weight is 507 g/mol. The molecule has 0 aliphatic heterocycles. The van der Waals surface area contributed by atoms with E-state index in [4.69, 9.17) is 34.8 Å². The number of thiophene rings is 1. The second-order valence-electron chi connectivity index (χ2n) is 6.60. The van der Waals surface area contributed by atoms with E-state index in [1.165, 1.54) is 4.88 Å². The van der Waals surface area contributed by atoms with Crippen molar-refractivity contribution in [3.8, 4) is 0 Å². The quantitative estimate of drug-likeness (QED) is 0.362. The summed E-state index contributed by atoms with van der Waals surface area (Å²) in [4.78, 5) is 1.35. The molecule has 4 atom stereocenters. The fourth-order valence-corrected chi connectivity index (χ4v) is 5.32. The normalized spacial score (nSPS) is 25.1. The summed E-state index contributed by atoms with van der Waals surface area (Å²) < 4.78 is 0. The monoisotopic (exact) mass is 505 g/mol. The summed E-state index contributed by atoms with van der Waals surface area (Å²) in [6.45, 7) is 0.665. The van der Waals surface area contributed by atoms with Crippen molar-refractivity contribution >= 4 is 51.8 Å². The van der Waals surface area contributed by atoms with E-state index in [1.807, 2.05) is 18.2 Å². The zero-order valence-corrected chi connectivity index (χ0v) is 20.2. The van der Waals surface area contributed by atoms with Gasteiger partial charge < -0.3 is 21.8 Å². The maximum atomic E-state index is 10.4. The van der Waals surface area contributed by atoms with Gasteiger partial charge in [0.05, 0.1) is 6.10 Å². The number of anilines is 1. The fourth-order valence-electron chi connectivity index (χ4n) is 3.62. The molecule has 1 aliphatic carbocycles. The maximum Gasteiger partial charge on any atom is 0.0602 e. The Morgan fingerprint density at radius 3 is 2.58 bits per heavy atom. The Morgan fingerprint density at radius 2 is 1.92 bits per heavy atom. The van der Waals surface area contributed by atoms with Gasteiger partial charge in [0.2, 0.25) is 0 Å². The first kappa shape index (κ1) is 22.9. The largest absolute Gasteiger partial charge is 0.393 e. The SMILES string of the molecule is O[C@@H]1C[C@@H](Cl)[C@H](CCCc2cc[c-]s2)[C@H]1CNc1cc(Cl)cc(Cl)c1.[Y]. The second kappa shape index (κ2) is 11.0. The fraction of sp³-hybridized carbons (Fsp3) is 0.474. The van der Waals surface area contributed by atoms with Crippen molar-refractivity contribution in [1.82, 2.24) is 0 Å². The van der Waals surface area contributed by atoms with E-state index in [-0.39, 0.29) is 50.1 Å². The number of rotatable bonds is 7. The van der Waals surface area contributed by atoms with Gasteiger partial charge in [-0.15, -0.1) is 21.9 Å². The Labute approximate surface area is 199 Å². The Kier molecular flexibility index (Phi) is 9.70. The van der Waals surface area contributed by atoms with Crippen molar-refractivity contribution in [2.24, 2.45) is 11.8 Å². The molecule has 0 spiro atoms. The zero-order chi connectivity index (χ0) is 17.8. The van der Waals surface area contributed by atoms with E-state index in [0.29, 0.717) is 28.9 Å². The van der Waals surface area contributed by atoms with Gasteiger partial charge in [-0.1, -0.05) is 36.0 Å². The van der Waals surface area contributed by atoms with Crippen LogP contribution in [0, 0.1) is 17.2 Å². The molecule has 0 amide bonds. The third-order valence-corrected chi connectivity index (χ3v) is 6.66. The molecule has 2 aromatic rings. The first-order valence-corrected chi connectivity index (χ1v) is 10.5. The predicted octanol–water partition coefficient (Wildman–Crippen LogP) is 5.89. The van der Waals surface area contributed by atoms with Crippen LogP contribution in [0.3, 0.4) is 0 Å². The van der Waals surface area contributed by atoms with Gasteiger partial charge in [-0.25, -0.2) is 6.07 Å². The molecule has 3 rings (SSSR count). The first-order chi connectivity index (χ1) is 12.0. The number of aliphatic hydroxyl groups is 1. The predicted molar refractivity (Wildman–Crippen MR) is 108 cm³/mol. The standard InChI is InChI=1S/C19H21Cl3NOS.Y/c20-12-7-13(21)9-14(8-12)23-11-17-16(18(22)10-19(17)24)5-1-3-15-4-2-6-25-15;/h2,4,7-9,16-19,23-24H,1,3,5,10-11H2;/q-1;/t16-,17-,18-,19-;/m1./s1. The molecule has 1 saturated carbocycles. The van der Waals surface area contributed by atoms with Crippen molar-refractivity contribution in [2.45, 2.75) is 37.2 Å². The van der Waals surface area contributed by atoms with Crippen molar-refractivity contribution < 1.29 is 37.8 Å². The van der Waals surface area contributed by atoms with Gasteiger partial charge >= 0.3 is 0 Å². The molecule has 1 aromatic carbocycles. The molecule has 2 N–H and O–H groups in total. The van der Waals surface area contributed by atoms with Gasteiger partial charge in [0.25, 0.3) is 0 Å². The minimum absolute atomic E-state index is 0. The molecular weight excluding hydrogens is 486 g/mol. The topological polar surface area (TPSA) is 32.3 Å². The second-order valence-corrected chi connectivity index (χ2v) is 9.00. The summed E-state index contributed by atoms with van der Waals surface area (Å²) in [7, 11) is 0. The van der Waals surface area contributed by atoms with Crippen LogP contribution >= 0.6 is 46.1 Å². The average Bonchev–Trinajstić information content (AvgIpc) is 3.14. The minimum atomic E-state index is -0.371. The van der Waals surface area contributed by atoms with Crippen molar-refractivity contribution in [3.63, 3.8) is 0 Å². The van der Waals surface area contributed by atoms with Crippen LogP contribution in [0.4, 0.5) is 5.69 Å². The first-order valence-electron chi connectivity index (χ1n) is 8.50. The van der Waals surface area contributed by atoms with Crippen molar-refractivity contribution in [2.75, 3.05) is 11.9 Å². The van der Waals surface area contributed by atoms with Crippen LogP contribution in [0.2, 0.25) is 10.0 Å². The van der Waals surface area contributed by atoms with Crippen LogP contribution in [0.15, 0.2) is 30.3 Å². The van der Waals surface area contributed by atoms with Crippen LogP contribution in [0.1, 0.15) is 24.1 Å². The van der Waals surface area contributed by atoms with Crippen LogP contribution < -0.4 is 5.32 Å². The zero-order valence-electron chi connectivity index (χ0n) is 14.3. The van der Waals surface area contributed by atoms with Crippen molar-refractivity contribution in [3.05, 3.63) is 50.6 Å². The van der Waals surface area contributed by atoms with Crippen LogP contribution in [0.25, 0.3) is 0 Å². The molecule has 1 aliphatic rings. The smallest absolute Gasteiger partial charge is 0.0602 e. The molecule has 1 fully saturated rings. The number of halogens is 3. The summed E-state index contributed by atoms with van der Waals surface area (Å²) in [5, 5.41) is 18.1. The Morgan fingerprint density at radius 1 is 1.19 bits per heavy atom. The molecule has 139 valence electrons. The summed E-state index contributed by atoms with van der Waals surface area (Å²) in [5.41, 5.74) is 0.871. The maximum absolute atomic E-state index is 10.4. The molecule has 7 heteroatoms. The summed E-state index contributed by atoms with van der Waals surface area (Å²) >= 11 is 20.3. The van der Waals surface area contributed by atoms with Crippen LogP contribution in [0.5, 0.6) is 0 Å². The van der Waals surface area contributed by atoms with Gasteiger partial charge in [0, 0.05) is 66.3 Å². The molecule has 0 unspecified atom stereocenters. The molecule has 0 saturated heterocycles. The van der Waals surface area contributed by atoms with Crippen LogP contribution in [-0.4, -0.2) is 23.1 Å². The molecule has 2 nitrogen and oxygen atoms in total. The Bertz CT molecular complexity index is 665. The number of hydrogen-bond acceptors (Lipinski definition) is 3. The molecular formula is C19H21Cl3NOSY-. The number of hydrogen-bond donors (Lipinski definition) is 2. The summed E-state index contributed by atoms with van der Waals surface area (Å²) in [5.74, 6) is 0.443. The number of aryl methyl sites for hydroxylation is 1. The van der Waals surface area contributed by atoms with E-state index in [9.17, 15) is 5.11 Å². The minimum Gasteiger partial charge on any atom is -0.393 e. The molecule has 0 bridgehead atoms. The number of nitrogens with one attached hydrogen (secondary N) is 1. The van der Waals surface area contributed by atoms with Crippen molar-refractivity contribution in [1.29, 1.82) is 0 Å².